The van der Waals surface area contributed by atoms with Crippen molar-refractivity contribution in [2.75, 3.05) is 13.1 Å². The van der Waals surface area contributed by atoms with Crippen molar-refractivity contribution in [3.05, 3.63) is 58.3 Å². The first kappa shape index (κ1) is 14.4. The molecule has 110 valence electrons. The van der Waals surface area contributed by atoms with Crippen LogP contribution in [0.3, 0.4) is 0 Å². The van der Waals surface area contributed by atoms with Gasteiger partial charge in [-0.2, -0.15) is 0 Å². The Balaban J connectivity index is 1.68. The Morgan fingerprint density at radius 1 is 1.48 bits per heavy atom. The summed E-state index contributed by atoms with van der Waals surface area (Å²) < 4.78 is 0. The van der Waals surface area contributed by atoms with Crippen LogP contribution in [0.5, 0.6) is 0 Å². The van der Waals surface area contributed by atoms with Gasteiger partial charge in [-0.15, -0.1) is 0 Å². The highest BCUT2D eigenvalue weighted by Crippen LogP contribution is 2.30. The molecule has 0 radical (unpaired) electrons. The minimum atomic E-state index is 0.0305. The summed E-state index contributed by atoms with van der Waals surface area (Å²) in [6.07, 6.45) is 2.89. The molecule has 1 aliphatic heterocycles. The van der Waals surface area contributed by atoms with Gasteiger partial charge in [0.1, 0.15) is 0 Å². The molecule has 3 rings (SSSR count). The number of hydrogen-bond donors (Lipinski definition) is 2. The Labute approximate surface area is 130 Å². The number of halogens is 1. The number of rotatable bonds is 4. The molecule has 1 aromatic carbocycles. The molecule has 4 heteroatoms. The zero-order valence-electron chi connectivity index (χ0n) is 12.1. The van der Waals surface area contributed by atoms with Gasteiger partial charge in [0.15, 0.2) is 0 Å². The standard InChI is InChI=1S/C17H19ClN2O/c1-10-3-4-12(8-14(10)18)13-5-6-19-16(13)9-20-15-7-11(2)17(15)21/h3-4,7-8,13,16,19-20H,2,5-6,9H2,1H3/t13-,16-/m1/s1. The zero-order chi connectivity index (χ0) is 15.0. The van der Waals surface area contributed by atoms with Crippen LogP contribution in [0.2, 0.25) is 5.02 Å². The number of benzene rings is 1. The van der Waals surface area contributed by atoms with Gasteiger partial charge in [-0.1, -0.05) is 30.3 Å². The van der Waals surface area contributed by atoms with E-state index in [0.29, 0.717) is 23.2 Å². The van der Waals surface area contributed by atoms with Crippen molar-refractivity contribution in [3.8, 4) is 0 Å². The normalized spacial score (nSPS) is 24.8. The average molecular weight is 303 g/mol. The van der Waals surface area contributed by atoms with Gasteiger partial charge >= 0.3 is 0 Å². The predicted octanol–water partition coefficient (Wildman–Crippen LogP) is 2.71. The van der Waals surface area contributed by atoms with Crippen molar-refractivity contribution in [2.45, 2.75) is 25.3 Å². The number of carbonyl (C=O) groups excluding carboxylic acids is 1. The van der Waals surface area contributed by atoms with Crippen LogP contribution in [0.25, 0.3) is 0 Å². The molecule has 2 aliphatic rings. The fourth-order valence-corrected chi connectivity index (χ4v) is 3.16. The second-order valence-electron chi connectivity index (χ2n) is 5.76. The highest BCUT2D eigenvalue weighted by molar-refractivity contribution is 6.31. The Bertz CT molecular complexity index is 636. The molecule has 0 spiro atoms. The van der Waals surface area contributed by atoms with Gasteiger partial charge < -0.3 is 10.6 Å². The third-order valence-corrected chi connectivity index (χ3v) is 4.75. The van der Waals surface area contributed by atoms with Crippen LogP contribution in [-0.4, -0.2) is 24.9 Å². The summed E-state index contributed by atoms with van der Waals surface area (Å²) in [6, 6.07) is 6.60. The van der Waals surface area contributed by atoms with Crippen LogP contribution < -0.4 is 10.6 Å². The van der Waals surface area contributed by atoms with Gasteiger partial charge in [-0.3, -0.25) is 4.79 Å². The van der Waals surface area contributed by atoms with Gasteiger partial charge in [0.05, 0.1) is 5.70 Å². The topological polar surface area (TPSA) is 41.1 Å². The van der Waals surface area contributed by atoms with E-state index >= 15 is 0 Å². The van der Waals surface area contributed by atoms with E-state index < -0.39 is 0 Å². The average Bonchev–Trinajstić information content (AvgIpc) is 2.94. The number of Topliss-reactive ketones (excluding diaryl/α,β-unsaturated/α-hetero) is 1. The maximum Gasteiger partial charge on any atom is 0.208 e. The van der Waals surface area contributed by atoms with Crippen molar-refractivity contribution in [2.24, 2.45) is 0 Å². The SMILES string of the molecule is C=C1C=C(NC[C@H]2NCC[C@@H]2c2ccc(C)c(Cl)c2)C1=O. The summed E-state index contributed by atoms with van der Waals surface area (Å²) in [6.45, 7) is 7.39. The van der Waals surface area contributed by atoms with E-state index in [1.165, 1.54) is 5.56 Å². The van der Waals surface area contributed by atoms with Gasteiger partial charge in [0, 0.05) is 29.1 Å². The minimum Gasteiger partial charge on any atom is -0.380 e. The molecular weight excluding hydrogens is 284 g/mol. The van der Waals surface area contributed by atoms with E-state index in [-0.39, 0.29) is 5.78 Å². The fraction of sp³-hybridized carbons (Fsp3) is 0.353. The maximum atomic E-state index is 11.5. The van der Waals surface area contributed by atoms with Crippen molar-refractivity contribution in [3.63, 3.8) is 0 Å². The molecule has 2 atom stereocenters. The van der Waals surface area contributed by atoms with E-state index in [1.54, 1.807) is 6.08 Å². The molecule has 3 nitrogen and oxygen atoms in total. The van der Waals surface area contributed by atoms with Gasteiger partial charge in [-0.05, 0) is 43.2 Å². The minimum absolute atomic E-state index is 0.0305. The molecule has 1 saturated heterocycles. The van der Waals surface area contributed by atoms with Gasteiger partial charge in [-0.25, -0.2) is 0 Å². The lowest BCUT2D eigenvalue weighted by molar-refractivity contribution is -0.113. The molecule has 1 heterocycles. The summed E-state index contributed by atoms with van der Waals surface area (Å²) in [5, 5.41) is 7.54. The van der Waals surface area contributed by atoms with Crippen LogP contribution in [0.15, 0.2) is 42.1 Å². The molecule has 0 amide bonds. The molecule has 2 N–H and O–H groups in total. The maximum absolute atomic E-state index is 11.5. The molecule has 1 aliphatic carbocycles. The summed E-state index contributed by atoms with van der Waals surface area (Å²) in [4.78, 5) is 11.5. The summed E-state index contributed by atoms with van der Waals surface area (Å²) in [5.41, 5.74) is 3.62. The number of hydrogen-bond acceptors (Lipinski definition) is 3. The van der Waals surface area contributed by atoms with Crippen LogP contribution in [0.4, 0.5) is 0 Å². The van der Waals surface area contributed by atoms with Crippen molar-refractivity contribution >= 4 is 17.4 Å². The Kier molecular flexibility index (Phi) is 3.87. The summed E-state index contributed by atoms with van der Waals surface area (Å²) >= 11 is 6.23. The number of aryl methyl sites for hydroxylation is 1. The first-order valence-electron chi connectivity index (χ1n) is 7.25. The summed E-state index contributed by atoms with van der Waals surface area (Å²) in [7, 11) is 0. The Morgan fingerprint density at radius 3 is 2.95 bits per heavy atom. The molecule has 21 heavy (non-hydrogen) atoms. The third-order valence-electron chi connectivity index (χ3n) is 4.34. The first-order valence-corrected chi connectivity index (χ1v) is 7.62. The number of ketones is 1. The van der Waals surface area contributed by atoms with E-state index in [4.69, 9.17) is 11.6 Å². The molecule has 1 fully saturated rings. The summed E-state index contributed by atoms with van der Waals surface area (Å²) in [5.74, 6) is 0.456. The first-order chi connectivity index (χ1) is 10.1. The molecule has 0 saturated carbocycles. The molecule has 1 aromatic rings. The van der Waals surface area contributed by atoms with E-state index in [0.717, 1.165) is 30.1 Å². The second kappa shape index (κ2) is 5.66. The van der Waals surface area contributed by atoms with Crippen LogP contribution in [0, 0.1) is 6.92 Å². The lowest BCUT2D eigenvalue weighted by Crippen LogP contribution is -2.40. The lowest BCUT2D eigenvalue weighted by atomic mass is 9.90. The fourth-order valence-electron chi connectivity index (χ4n) is 2.97. The third kappa shape index (κ3) is 2.76. The molecule has 0 bridgehead atoms. The second-order valence-corrected chi connectivity index (χ2v) is 6.16. The van der Waals surface area contributed by atoms with Gasteiger partial charge in [0.25, 0.3) is 0 Å². The van der Waals surface area contributed by atoms with Crippen LogP contribution >= 0.6 is 11.6 Å². The smallest absolute Gasteiger partial charge is 0.208 e. The highest BCUT2D eigenvalue weighted by Gasteiger charge is 2.30. The van der Waals surface area contributed by atoms with Crippen LogP contribution in [0.1, 0.15) is 23.5 Å². The van der Waals surface area contributed by atoms with Crippen molar-refractivity contribution in [1.82, 2.24) is 10.6 Å². The quantitative estimate of drug-likeness (QED) is 0.840. The number of allylic oxidation sites excluding steroid dienone is 2. The predicted molar refractivity (Wildman–Crippen MR) is 85.6 cm³/mol. The van der Waals surface area contributed by atoms with Gasteiger partial charge in [0.2, 0.25) is 5.78 Å². The van der Waals surface area contributed by atoms with Crippen molar-refractivity contribution < 1.29 is 4.79 Å². The van der Waals surface area contributed by atoms with Crippen molar-refractivity contribution in [1.29, 1.82) is 0 Å². The zero-order valence-corrected chi connectivity index (χ0v) is 12.8. The molecule has 0 aromatic heterocycles. The van der Waals surface area contributed by atoms with E-state index in [9.17, 15) is 4.79 Å². The number of nitrogens with one attached hydrogen (secondary N) is 2. The monoisotopic (exact) mass is 302 g/mol. The molecule has 0 unspecified atom stereocenters. The lowest BCUT2D eigenvalue weighted by Gasteiger charge is -2.24. The number of carbonyl (C=O) groups is 1. The molecular formula is C17H19ClN2O. The highest BCUT2D eigenvalue weighted by atomic mass is 35.5. The Hall–Kier alpha value is -1.58. The van der Waals surface area contributed by atoms with E-state index in [1.807, 2.05) is 6.92 Å². The Morgan fingerprint density at radius 2 is 2.29 bits per heavy atom. The largest absolute Gasteiger partial charge is 0.380 e. The van der Waals surface area contributed by atoms with E-state index in [2.05, 4.69) is 35.4 Å². The van der Waals surface area contributed by atoms with Crippen LogP contribution in [-0.2, 0) is 4.79 Å².